The molecule has 2 fully saturated rings. The number of likely N-dealkylation sites (tertiary alicyclic amines) is 1. The first kappa shape index (κ1) is 21.5. The Bertz CT molecular complexity index is 850. The molecule has 1 saturated carbocycles. The maximum atomic E-state index is 12.5. The largest absolute Gasteiger partial charge is 0.334 e. The summed E-state index contributed by atoms with van der Waals surface area (Å²) in [4.78, 5) is 15.1. The predicted molar refractivity (Wildman–Crippen MR) is 124 cm³/mol. The average Bonchev–Trinajstić information content (AvgIpc) is 3.20. The summed E-state index contributed by atoms with van der Waals surface area (Å²) in [6, 6.07) is 16.0. The second kappa shape index (κ2) is 10.0. The maximum Gasteiger partial charge on any atom is 0.319 e. The van der Waals surface area contributed by atoms with E-state index in [1.165, 1.54) is 18.4 Å². The van der Waals surface area contributed by atoms with Gasteiger partial charge in [0, 0.05) is 17.1 Å². The van der Waals surface area contributed by atoms with Gasteiger partial charge in [-0.05, 0) is 87.4 Å². The van der Waals surface area contributed by atoms with E-state index in [0.717, 1.165) is 49.7 Å². The lowest BCUT2D eigenvalue weighted by Gasteiger charge is -2.38. The van der Waals surface area contributed by atoms with E-state index < -0.39 is 0 Å². The van der Waals surface area contributed by atoms with Crippen LogP contribution in [0.3, 0.4) is 0 Å². The number of para-hydroxylation sites is 1. The van der Waals surface area contributed by atoms with Gasteiger partial charge in [0.25, 0.3) is 0 Å². The van der Waals surface area contributed by atoms with Crippen molar-refractivity contribution < 1.29 is 4.79 Å². The lowest BCUT2D eigenvalue weighted by atomic mass is 9.89. The Balaban J connectivity index is 1.27. The maximum absolute atomic E-state index is 12.5. The third-order valence-electron chi connectivity index (χ3n) is 6.47. The summed E-state index contributed by atoms with van der Waals surface area (Å²) in [5.41, 5.74) is 2.02. The van der Waals surface area contributed by atoms with Crippen LogP contribution in [0.2, 0.25) is 10.0 Å². The molecule has 4 nitrogen and oxygen atoms in total. The van der Waals surface area contributed by atoms with Crippen LogP contribution in [0.25, 0.3) is 0 Å². The Kier molecular flexibility index (Phi) is 7.19. The third-order valence-corrected chi connectivity index (χ3v) is 7.06. The molecule has 1 heterocycles. The molecule has 0 spiro atoms. The third kappa shape index (κ3) is 5.48. The van der Waals surface area contributed by atoms with Gasteiger partial charge in [-0.2, -0.15) is 0 Å². The molecule has 0 bridgehead atoms. The average molecular weight is 446 g/mol. The highest BCUT2D eigenvalue weighted by Crippen LogP contribution is 2.30. The van der Waals surface area contributed by atoms with Gasteiger partial charge in [0.1, 0.15) is 0 Å². The number of halogens is 2. The molecule has 0 unspecified atom stereocenters. The molecule has 1 saturated heterocycles. The summed E-state index contributed by atoms with van der Waals surface area (Å²) in [6.45, 7) is 2.21. The van der Waals surface area contributed by atoms with Crippen LogP contribution in [-0.2, 0) is 6.42 Å². The van der Waals surface area contributed by atoms with Gasteiger partial charge in [-0.25, -0.2) is 4.79 Å². The zero-order valence-corrected chi connectivity index (χ0v) is 18.6. The molecular weight excluding hydrogens is 417 g/mol. The molecule has 0 radical (unpaired) electrons. The normalized spacial score (nSPS) is 22.7. The molecule has 2 aromatic carbocycles. The van der Waals surface area contributed by atoms with Gasteiger partial charge >= 0.3 is 6.03 Å². The van der Waals surface area contributed by atoms with E-state index in [1.54, 1.807) is 6.07 Å². The molecule has 2 aromatic rings. The zero-order valence-electron chi connectivity index (χ0n) is 17.1. The number of rotatable bonds is 5. The first-order chi connectivity index (χ1) is 14.6. The summed E-state index contributed by atoms with van der Waals surface area (Å²) >= 11 is 12.2. The Morgan fingerprint density at radius 1 is 0.967 bits per heavy atom. The van der Waals surface area contributed by atoms with Crippen LogP contribution in [0.5, 0.6) is 0 Å². The second-order valence-corrected chi connectivity index (χ2v) is 9.34. The number of hydrogen-bond donors (Lipinski definition) is 2. The van der Waals surface area contributed by atoms with Crippen molar-refractivity contribution in [3.05, 3.63) is 64.1 Å². The van der Waals surface area contributed by atoms with Crippen LogP contribution in [-0.4, -0.2) is 36.1 Å². The van der Waals surface area contributed by atoms with E-state index in [0.29, 0.717) is 16.8 Å². The van der Waals surface area contributed by atoms with Crippen molar-refractivity contribution in [2.24, 2.45) is 5.92 Å². The van der Waals surface area contributed by atoms with Crippen molar-refractivity contribution in [2.75, 3.05) is 18.4 Å². The molecule has 6 heteroatoms. The van der Waals surface area contributed by atoms with Gasteiger partial charge in [0.15, 0.2) is 0 Å². The Morgan fingerprint density at radius 2 is 1.70 bits per heavy atom. The second-order valence-electron chi connectivity index (χ2n) is 8.49. The van der Waals surface area contributed by atoms with Gasteiger partial charge in [-0.15, -0.1) is 0 Å². The van der Waals surface area contributed by atoms with Crippen LogP contribution >= 0.6 is 23.2 Å². The molecule has 4 rings (SSSR count). The minimum Gasteiger partial charge on any atom is -0.334 e. The fourth-order valence-electron chi connectivity index (χ4n) is 4.88. The Morgan fingerprint density at radius 3 is 2.43 bits per heavy atom. The zero-order chi connectivity index (χ0) is 20.9. The van der Waals surface area contributed by atoms with E-state index in [-0.39, 0.29) is 12.1 Å². The number of anilines is 1. The van der Waals surface area contributed by atoms with Crippen LogP contribution < -0.4 is 10.6 Å². The Hall–Kier alpha value is -1.75. The van der Waals surface area contributed by atoms with Crippen LogP contribution in [0.4, 0.5) is 10.5 Å². The van der Waals surface area contributed by atoms with E-state index in [4.69, 9.17) is 23.2 Å². The van der Waals surface area contributed by atoms with Gasteiger partial charge in [0.05, 0.1) is 10.7 Å². The molecule has 30 heavy (non-hydrogen) atoms. The SMILES string of the molecule is O=C(Nc1ccccc1Cl)N[C@@H]1CCC[C@H]1N1CCC(Cc2ccc(Cl)cc2)CC1. The summed E-state index contributed by atoms with van der Waals surface area (Å²) in [5, 5.41) is 7.44. The predicted octanol–water partition coefficient (Wildman–Crippen LogP) is 5.99. The lowest BCUT2D eigenvalue weighted by Crippen LogP contribution is -2.52. The number of amides is 2. The molecular formula is C24H29Cl2N3O. The van der Waals surface area contributed by atoms with Crippen LogP contribution in [0.15, 0.2) is 48.5 Å². The molecule has 1 aliphatic heterocycles. The number of nitrogens with one attached hydrogen (secondary N) is 2. The quantitative estimate of drug-likeness (QED) is 0.593. The van der Waals surface area contributed by atoms with Crippen molar-refractivity contribution >= 4 is 34.9 Å². The number of benzene rings is 2. The van der Waals surface area contributed by atoms with Gasteiger partial charge in [0.2, 0.25) is 0 Å². The van der Waals surface area contributed by atoms with Crippen LogP contribution in [0, 0.1) is 5.92 Å². The van der Waals surface area contributed by atoms with Crippen LogP contribution in [0.1, 0.15) is 37.7 Å². The molecule has 1 aliphatic carbocycles. The smallest absolute Gasteiger partial charge is 0.319 e. The van der Waals surface area contributed by atoms with E-state index in [2.05, 4.69) is 27.7 Å². The van der Waals surface area contributed by atoms with E-state index >= 15 is 0 Å². The topological polar surface area (TPSA) is 44.4 Å². The fourth-order valence-corrected chi connectivity index (χ4v) is 5.19. The first-order valence-electron chi connectivity index (χ1n) is 10.9. The number of piperidine rings is 1. The summed E-state index contributed by atoms with van der Waals surface area (Å²) in [6.07, 6.45) is 6.88. The van der Waals surface area contributed by atoms with Crippen molar-refractivity contribution in [1.29, 1.82) is 0 Å². The highest BCUT2D eigenvalue weighted by atomic mass is 35.5. The fraction of sp³-hybridized carbons (Fsp3) is 0.458. The highest BCUT2D eigenvalue weighted by molar-refractivity contribution is 6.33. The standard InChI is InChI=1S/C24H29Cl2N3O/c25-19-10-8-17(9-11-19)16-18-12-14-29(15-13-18)23-7-3-6-22(23)28-24(30)27-21-5-2-1-4-20(21)26/h1-2,4-5,8-11,18,22-23H,3,6-7,12-16H2,(H2,27,28,30)/t22-,23-/m1/s1. The summed E-state index contributed by atoms with van der Waals surface area (Å²) < 4.78 is 0. The summed E-state index contributed by atoms with van der Waals surface area (Å²) in [7, 11) is 0. The van der Waals surface area contributed by atoms with E-state index in [1.807, 2.05) is 30.3 Å². The van der Waals surface area contributed by atoms with Crippen molar-refractivity contribution in [3.8, 4) is 0 Å². The number of carbonyl (C=O) groups is 1. The van der Waals surface area contributed by atoms with Crippen molar-refractivity contribution in [2.45, 2.75) is 50.6 Å². The van der Waals surface area contributed by atoms with Crippen molar-refractivity contribution in [1.82, 2.24) is 10.2 Å². The number of carbonyl (C=O) groups excluding carboxylic acids is 1. The summed E-state index contributed by atoms with van der Waals surface area (Å²) in [5.74, 6) is 0.721. The minimum atomic E-state index is -0.169. The lowest BCUT2D eigenvalue weighted by molar-refractivity contribution is 0.119. The first-order valence-corrected chi connectivity index (χ1v) is 11.6. The highest BCUT2D eigenvalue weighted by Gasteiger charge is 2.35. The molecule has 2 amide bonds. The minimum absolute atomic E-state index is 0.169. The van der Waals surface area contributed by atoms with Gasteiger partial charge in [-0.3, -0.25) is 4.90 Å². The number of urea groups is 1. The molecule has 2 aliphatic rings. The Labute approximate surface area is 188 Å². The number of nitrogens with zero attached hydrogens (tertiary/aromatic N) is 1. The molecule has 2 atom stereocenters. The van der Waals surface area contributed by atoms with Gasteiger partial charge in [-0.1, -0.05) is 47.5 Å². The number of hydrogen-bond acceptors (Lipinski definition) is 2. The molecule has 2 N–H and O–H groups in total. The van der Waals surface area contributed by atoms with E-state index in [9.17, 15) is 4.79 Å². The molecule has 160 valence electrons. The molecule has 0 aromatic heterocycles. The van der Waals surface area contributed by atoms with Crippen molar-refractivity contribution in [3.63, 3.8) is 0 Å². The van der Waals surface area contributed by atoms with Gasteiger partial charge < -0.3 is 10.6 Å². The monoisotopic (exact) mass is 445 g/mol.